The number of carbonyl (C=O) groups excluding carboxylic acids is 1. The molecular formula is C21H30O4S. The standard InChI is InChI=1S/C21H30O4S/c1-20-10-8-16(22)19(26-11-18(24)25)15(20)4-3-12-13-5-6-17(23)21(13,2)9-7-14(12)20/h12-14,17,23H,3-11H2,1-2H3,(H,24,25)/t12-,13-,14-,17-,20+,21-/m0/s1. The van der Waals surface area contributed by atoms with Crippen LogP contribution in [0.4, 0.5) is 0 Å². The molecule has 0 saturated heterocycles. The molecule has 4 nitrogen and oxygen atoms in total. The van der Waals surface area contributed by atoms with Crippen LogP contribution in [-0.4, -0.2) is 33.8 Å². The Morgan fingerprint density at radius 1 is 1.12 bits per heavy atom. The number of hydrogen-bond acceptors (Lipinski definition) is 4. The molecule has 0 radical (unpaired) electrons. The number of aliphatic carboxylic acids is 1. The fraction of sp³-hybridized carbons (Fsp3) is 0.810. The van der Waals surface area contributed by atoms with Crippen LogP contribution in [0.5, 0.6) is 0 Å². The molecule has 144 valence electrons. The molecule has 4 aliphatic carbocycles. The summed E-state index contributed by atoms with van der Waals surface area (Å²) >= 11 is 1.25. The van der Waals surface area contributed by atoms with Crippen molar-refractivity contribution in [1.29, 1.82) is 0 Å². The fourth-order valence-electron chi connectivity index (χ4n) is 6.94. The van der Waals surface area contributed by atoms with Crippen molar-refractivity contribution in [3.8, 4) is 0 Å². The van der Waals surface area contributed by atoms with Gasteiger partial charge in [-0.2, -0.15) is 0 Å². The number of carboxylic acid groups (broad SMARTS) is 1. The molecule has 0 heterocycles. The van der Waals surface area contributed by atoms with Crippen LogP contribution < -0.4 is 0 Å². The van der Waals surface area contributed by atoms with E-state index in [4.69, 9.17) is 5.11 Å². The van der Waals surface area contributed by atoms with E-state index in [0.717, 1.165) is 49.9 Å². The number of rotatable bonds is 3. The van der Waals surface area contributed by atoms with Gasteiger partial charge in [0.2, 0.25) is 0 Å². The van der Waals surface area contributed by atoms with Crippen molar-refractivity contribution in [3.63, 3.8) is 0 Å². The number of carboxylic acids is 1. The number of Topliss-reactive ketones (excluding diaryl/α,β-unsaturated/α-hetero) is 1. The van der Waals surface area contributed by atoms with Crippen LogP contribution in [0.2, 0.25) is 0 Å². The highest BCUT2D eigenvalue weighted by Gasteiger charge is 2.59. The van der Waals surface area contributed by atoms with Crippen LogP contribution in [0.1, 0.15) is 65.2 Å². The number of thioether (sulfide) groups is 1. The van der Waals surface area contributed by atoms with E-state index in [9.17, 15) is 14.7 Å². The van der Waals surface area contributed by atoms with Gasteiger partial charge >= 0.3 is 5.97 Å². The topological polar surface area (TPSA) is 74.6 Å². The van der Waals surface area contributed by atoms with Crippen LogP contribution in [0, 0.1) is 28.6 Å². The van der Waals surface area contributed by atoms with E-state index in [2.05, 4.69) is 13.8 Å². The molecule has 0 aromatic heterocycles. The Labute approximate surface area is 159 Å². The molecular weight excluding hydrogens is 348 g/mol. The summed E-state index contributed by atoms with van der Waals surface area (Å²) < 4.78 is 0. The van der Waals surface area contributed by atoms with Gasteiger partial charge in [0.25, 0.3) is 0 Å². The smallest absolute Gasteiger partial charge is 0.313 e. The van der Waals surface area contributed by atoms with Crippen molar-refractivity contribution in [2.45, 2.75) is 71.3 Å². The Morgan fingerprint density at radius 3 is 2.62 bits per heavy atom. The van der Waals surface area contributed by atoms with Gasteiger partial charge in [0, 0.05) is 6.42 Å². The predicted molar refractivity (Wildman–Crippen MR) is 102 cm³/mol. The normalized spacial score (nSPS) is 45.1. The first-order valence-corrected chi connectivity index (χ1v) is 11.1. The summed E-state index contributed by atoms with van der Waals surface area (Å²) in [5.41, 5.74) is 1.36. The zero-order valence-electron chi connectivity index (χ0n) is 15.8. The van der Waals surface area contributed by atoms with Crippen LogP contribution in [0.25, 0.3) is 0 Å². The lowest BCUT2D eigenvalue weighted by atomic mass is 9.47. The number of carbonyl (C=O) groups is 2. The largest absolute Gasteiger partial charge is 0.481 e. The molecule has 3 saturated carbocycles. The number of aliphatic hydroxyl groups is 1. The summed E-state index contributed by atoms with van der Waals surface area (Å²) in [6.45, 7) is 4.62. The lowest BCUT2D eigenvalue weighted by molar-refractivity contribution is -0.133. The molecule has 2 N–H and O–H groups in total. The van der Waals surface area contributed by atoms with Gasteiger partial charge in [-0.25, -0.2) is 0 Å². The predicted octanol–water partition coefficient (Wildman–Crippen LogP) is 4.02. The van der Waals surface area contributed by atoms with Gasteiger partial charge in [-0.1, -0.05) is 13.8 Å². The second-order valence-corrected chi connectivity index (χ2v) is 10.4. The molecule has 3 fully saturated rings. The Bertz CT molecular complexity index is 671. The molecule has 0 unspecified atom stereocenters. The molecule has 0 amide bonds. The highest BCUT2D eigenvalue weighted by molar-refractivity contribution is 8.04. The monoisotopic (exact) mass is 378 g/mol. The number of aliphatic hydroxyl groups excluding tert-OH is 1. The van der Waals surface area contributed by atoms with Crippen molar-refractivity contribution >= 4 is 23.5 Å². The third-order valence-corrected chi connectivity index (χ3v) is 9.52. The van der Waals surface area contributed by atoms with Gasteiger partial charge in [-0.15, -0.1) is 11.8 Å². The Balaban J connectivity index is 1.67. The second kappa shape index (κ2) is 6.37. The quantitative estimate of drug-likeness (QED) is 0.776. The summed E-state index contributed by atoms with van der Waals surface area (Å²) in [6.07, 6.45) is 7.58. The second-order valence-electron chi connectivity index (χ2n) is 9.38. The van der Waals surface area contributed by atoms with Crippen molar-refractivity contribution < 1.29 is 19.8 Å². The first-order valence-electron chi connectivity index (χ1n) is 10.1. The molecule has 0 aliphatic heterocycles. The van der Waals surface area contributed by atoms with E-state index in [1.54, 1.807) is 0 Å². The van der Waals surface area contributed by atoms with Gasteiger partial charge in [0.15, 0.2) is 5.78 Å². The summed E-state index contributed by atoms with van der Waals surface area (Å²) in [7, 11) is 0. The minimum Gasteiger partial charge on any atom is -0.481 e. The molecule has 0 aromatic carbocycles. The Kier molecular flexibility index (Phi) is 4.54. The van der Waals surface area contributed by atoms with E-state index in [-0.39, 0.29) is 28.5 Å². The minimum atomic E-state index is -0.856. The lowest BCUT2D eigenvalue weighted by Gasteiger charge is -2.58. The molecule has 4 rings (SSSR count). The first kappa shape index (κ1) is 18.5. The Hall–Kier alpha value is -0.810. The van der Waals surface area contributed by atoms with E-state index < -0.39 is 5.97 Å². The maximum absolute atomic E-state index is 12.5. The summed E-state index contributed by atoms with van der Waals surface area (Å²) in [6, 6.07) is 0. The number of fused-ring (bicyclic) bond motifs is 5. The van der Waals surface area contributed by atoms with Gasteiger partial charge < -0.3 is 10.2 Å². The van der Waals surface area contributed by atoms with Crippen LogP contribution in [0.3, 0.4) is 0 Å². The number of allylic oxidation sites excluding steroid dienone is 1. The highest BCUT2D eigenvalue weighted by atomic mass is 32.2. The van der Waals surface area contributed by atoms with Crippen LogP contribution in [0.15, 0.2) is 10.5 Å². The number of hydrogen-bond donors (Lipinski definition) is 2. The van der Waals surface area contributed by atoms with Gasteiger partial charge in [0.05, 0.1) is 16.8 Å². The maximum Gasteiger partial charge on any atom is 0.313 e. The summed E-state index contributed by atoms with van der Waals surface area (Å²) in [5.74, 6) is 1.08. The molecule has 4 aliphatic rings. The van der Waals surface area contributed by atoms with Gasteiger partial charge in [-0.3, -0.25) is 9.59 Å². The van der Waals surface area contributed by atoms with Crippen molar-refractivity contribution in [2.75, 3.05) is 5.75 Å². The number of ketones is 1. The Morgan fingerprint density at radius 2 is 1.88 bits per heavy atom. The van der Waals surface area contributed by atoms with E-state index in [1.165, 1.54) is 17.3 Å². The summed E-state index contributed by atoms with van der Waals surface area (Å²) in [4.78, 5) is 24.3. The third-order valence-electron chi connectivity index (χ3n) is 8.36. The SMILES string of the molecule is C[C@]12CC[C@H]3[C@@H](CCC4=C(SCC(=O)O)C(=O)CC[C@@]43C)[C@@H]1CC[C@@H]2O. The van der Waals surface area contributed by atoms with Gasteiger partial charge in [0.1, 0.15) is 0 Å². The van der Waals surface area contributed by atoms with Gasteiger partial charge in [-0.05, 0) is 79.1 Å². The minimum absolute atomic E-state index is 0.0262. The zero-order valence-corrected chi connectivity index (χ0v) is 16.6. The molecule has 0 spiro atoms. The molecule has 5 heteroatoms. The van der Waals surface area contributed by atoms with Crippen LogP contribution in [-0.2, 0) is 9.59 Å². The van der Waals surface area contributed by atoms with Crippen molar-refractivity contribution in [1.82, 2.24) is 0 Å². The summed E-state index contributed by atoms with van der Waals surface area (Å²) in [5, 5.41) is 19.6. The van der Waals surface area contributed by atoms with E-state index >= 15 is 0 Å². The van der Waals surface area contributed by atoms with E-state index in [0.29, 0.717) is 24.2 Å². The third kappa shape index (κ3) is 2.61. The molecule has 26 heavy (non-hydrogen) atoms. The zero-order chi connectivity index (χ0) is 18.7. The molecule has 0 aromatic rings. The highest BCUT2D eigenvalue weighted by Crippen LogP contribution is 2.66. The average Bonchev–Trinajstić information content (AvgIpc) is 2.89. The fourth-order valence-corrected chi connectivity index (χ4v) is 7.98. The molecule has 6 atom stereocenters. The first-order chi connectivity index (χ1) is 12.3. The van der Waals surface area contributed by atoms with Crippen molar-refractivity contribution in [2.24, 2.45) is 28.6 Å². The van der Waals surface area contributed by atoms with Crippen LogP contribution >= 0.6 is 11.8 Å². The van der Waals surface area contributed by atoms with E-state index in [1.807, 2.05) is 0 Å². The average molecular weight is 379 g/mol. The molecule has 0 bridgehead atoms. The van der Waals surface area contributed by atoms with Crippen molar-refractivity contribution in [3.05, 3.63) is 10.5 Å². The maximum atomic E-state index is 12.5. The lowest BCUT2D eigenvalue weighted by Crippen LogP contribution is -2.51.